The predicted molar refractivity (Wildman–Crippen MR) is 77.7 cm³/mol. The highest BCUT2D eigenvalue weighted by atomic mass is 15.2. The molecule has 2 rings (SSSR count). The Kier molecular flexibility index (Phi) is 5.21. The van der Waals surface area contributed by atoms with Crippen LogP contribution in [-0.4, -0.2) is 31.1 Å². The Labute approximate surface area is 111 Å². The molecular formula is C16H26N2. The third-order valence-electron chi connectivity index (χ3n) is 3.77. The van der Waals surface area contributed by atoms with Gasteiger partial charge in [0.25, 0.3) is 0 Å². The molecule has 1 aliphatic heterocycles. The first kappa shape index (κ1) is 13.6. The molecule has 2 heteroatoms. The van der Waals surface area contributed by atoms with E-state index in [4.69, 9.17) is 0 Å². The first-order valence-electron chi connectivity index (χ1n) is 7.27. The van der Waals surface area contributed by atoms with E-state index in [-0.39, 0.29) is 0 Å². The van der Waals surface area contributed by atoms with Crippen LogP contribution in [0.15, 0.2) is 30.3 Å². The summed E-state index contributed by atoms with van der Waals surface area (Å²) in [5.41, 5.74) is 1.45. The van der Waals surface area contributed by atoms with Gasteiger partial charge in [0.15, 0.2) is 0 Å². The number of hydrogen-bond acceptors (Lipinski definition) is 2. The van der Waals surface area contributed by atoms with Gasteiger partial charge in [-0.15, -0.1) is 0 Å². The Bertz CT molecular complexity index is 334. The number of piperazine rings is 1. The number of nitrogens with zero attached hydrogens (tertiary/aromatic N) is 1. The average Bonchev–Trinajstić information content (AvgIpc) is 2.40. The van der Waals surface area contributed by atoms with Crippen molar-refractivity contribution in [2.75, 3.05) is 26.2 Å². The maximum atomic E-state index is 3.52. The van der Waals surface area contributed by atoms with Crippen LogP contribution < -0.4 is 5.32 Å². The zero-order valence-corrected chi connectivity index (χ0v) is 11.7. The van der Waals surface area contributed by atoms with Crippen molar-refractivity contribution in [1.82, 2.24) is 10.2 Å². The minimum atomic E-state index is 0.562. The smallest absolute Gasteiger partial charge is 0.0473 e. The fourth-order valence-electron chi connectivity index (χ4n) is 2.72. The first-order valence-corrected chi connectivity index (χ1v) is 7.27. The second-order valence-corrected chi connectivity index (χ2v) is 5.70. The summed E-state index contributed by atoms with van der Waals surface area (Å²) in [5, 5.41) is 3.52. The van der Waals surface area contributed by atoms with Gasteiger partial charge in [-0.2, -0.15) is 0 Å². The van der Waals surface area contributed by atoms with Crippen LogP contribution >= 0.6 is 0 Å². The van der Waals surface area contributed by atoms with E-state index in [0.29, 0.717) is 6.04 Å². The SMILES string of the molecule is CC(C)CCCN1CCNCC1c1ccccc1. The predicted octanol–water partition coefficient (Wildman–Crippen LogP) is 3.07. The molecule has 1 fully saturated rings. The number of rotatable bonds is 5. The van der Waals surface area contributed by atoms with Crippen molar-refractivity contribution in [3.8, 4) is 0 Å². The molecule has 2 nitrogen and oxygen atoms in total. The first-order chi connectivity index (χ1) is 8.77. The molecule has 1 saturated heterocycles. The zero-order valence-electron chi connectivity index (χ0n) is 11.7. The summed E-state index contributed by atoms with van der Waals surface area (Å²) in [6.45, 7) is 9.26. The normalized spacial score (nSPS) is 21.4. The van der Waals surface area contributed by atoms with Crippen LogP contribution in [0, 0.1) is 5.92 Å². The van der Waals surface area contributed by atoms with Crippen LogP contribution in [0.3, 0.4) is 0 Å². The van der Waals surface area contributed by atoms with Gasteiger partial charge in [-0.3, -0.25) is 4.90 Å². The molecular weight excluding hydrogens is 220 g/mol. The lowest BCUT2D eigenvalue weighted by atomic mass is 10.0. The Morgan fingerprint density at radius 2 is 2.06 bits per heavy atom. The van der Waals surface area contributed by atoms with Gasteiger partial charge in [-0.1, -0.05) is 44.2 Å². The van der Waals surface area contributed by atoms with Crippen molar-refractivity contribution in [3.63, 3.8) is 0 Å². The highest BCUT2D eigenvalue weighted by Gasteiger charge is 2.22. The second-order valence-electron chi connectivity index (χ2n) is 5.70. The van der Waals surface area contributed by atoms with Gasteiger partial charge in [-0.25, -0.2) is 0 Å². The molecule has 0 saturated carbocycles. The summed E-state index contributed by atoms with van der Waals surface area (Å²) < 4.78 is 0. The van der Waals surface area contributed by atoms with Crippen LogP contribution in [0.1, 0.15) is 38.3 Å². The van der Waals surface area contributed by atoms with Crippen molar-refractivity contribution in [2.45, 2.75) is 32.7 Å². The molecule has 0 spiro atoms. The molecule has 0 aromatic heterocycles. The lowest BCUT2D eigenvalue weighted by Crippen LogP contribution is -2.46. The topological polar surface area (TPSA) is 15.3 Å². The molecule has 1 unspecified atom stereocenters. The van der Waals surface area contributed by atoms with Crippen LogP contribution in [0.5, 0.6) is 0 Å². The fraction of sp³-hybridized carbons (Fsp3) is 0.625. The molecule has 1 aromatic carbocycles. The summed E-state index contributed by atoms with van der Waals surface area (Å²) in [4.78, 5) is 2.65. The van der Waals surface area contributed by atoms with E-state index in [2.05, 4.69) is 54.4 Å². The van der Waals surface area contributed by atoms with Crippen LogP contribution in [0.4, 0.5) is 0 Å². The fourth-order valence-corrected chi connectivity index (χ4v) is 2.72. The van der Waals surface area contributed by atoms with Gasteiger partial charge in [-0.05, 0) is 30.9 Å². The lowest BCUT2D eigenvalue weighted by molar-refractivity contribution is 0.157. The highest BCUT2D eigenvalue weighted by Crippen LogP contribution is 2.22. The Hall–Kier alpha value is -0.860. The van der Waals surface area contributed by atoms with E-state index in [0.717, 1.165) is 19.0 Å². The van der Waals surface area contributed by atoms with Gasteiger partial charge in [0.2, 0.25) is 0 Å². The maximum absolute atomic E-state index is 3.52. The third-order valence-corrected chi connectivity index (χ3v) is 3.77. The summed E-state index contributed by atoms with van der Waals surface area (Å²) in [7, 11) is 0. The van der Waals surface area contributed by atoms with E-state index in [1.165, 1.54) is 31.5 Å². The monoisotopic (exact) mass is 246 g/mol. The molecule has 0 radical (unpaired) electrons. The summed E-state index contributed by atoms with van der Waals surface area (Å²) >= 11 is 0. The minimum absolute atomic E-state index is 0.562. The quantitative estimate of drug-likeness (QED) is 0.859. The average molecular weight is 246 g/mol. The van der Waals surface area contributed by atoms with Gasteiger partial charge >= 0.3 is 0 Å². The van der Waals surface area contributed by atoms with Crippen LogP contribution in [0.2, 0.25) is 0 Å². The minimum Gasteiger partial charge on any atom is -0.314 e. The molecule has 100 valence electrons. The van der Waals surface area contributed by atoms with Crippen molar-refractivity contribution >= 4 is 0 Å². The number of hydrogen-bond donors (Lipinski definition) is 1. The van der Waals surface area contributed by atoms with Crippen molar-refractivity contribution in [3.05, 3.63) is 35.9 Å². The molecule has 1 aliphatic rings. The van der Waals surface area contributed by atoms with Gasteiger partial charge < -0.3 is 5.32 Å². The van der Waals surface area contributed by atoms with Crippen molar-refractivity contribution in [1.29, 1.82) is 0 Å². The zero-order chi connectivity index (χ0) is 12.8. The molecule has 1 heterocycles. The van der Waals surface area contributed by atoms with Gasteiger partial charge in [0.05, 0.1) is 0 Å². The van der Waals surface area contributed by atoms with Gasteiger partial charge in [0, 0.05) is 25.7 Å². The maximum Gasteiger partial charge on any atom is 0.0473 e. The molecule has 18 heavy (non-hydrogen) atoms. The van der Waals surface area contributed by atoms with Crippen molar-refractivity contribution in [2.24, 2.45) is 5.92 Å². The molecule has 0 amide bonds. The summed E-state index contributed by atoms with van der Waals surface area (Å²) in [6.07, 6.45) is 2.66. The Balaban J connectivity index is 1.94. The van der Waals surface area contributed by atoms with Crippen molar-refractivity contribution < 1.29 is 0 Å². The molecule has 0 aliphatic carbocycles. The summed E-state index contributed by atoms with van der Waals surface area (Å²) in [6, 6.07) is 11.5. The largest absolute Gasteiger partial charge is 0.314 e. The third kappa shape index (κ3) is 3.82. The van der Waals surface area contributed by atoms with E-state index in [9.17, 15) is 0 Å². The van der Waals surface area contributed by atoms with Gasteiger partial charge in [0.1, 0.15) is 0 Å². The lowest BCUT2D eigenvalue weighted by Gasteiger charge is -2.36. The number of benzene rings is 1. The second kappa shape index (κ2) is 6.91. The summed E-state index contributed by atoms with van der Waals surface area (Å²) in [5.74, 6) is 0.822. The van der Waals surface area contributed by atoms with E-state index >= 15 is 0 Å². The molecule has 0 bridgehead atoms. The Morgan fingerprint density at radius 3 is 2.78 bits per heavy atom. The van der Waals surface area contributed by atoms with Crippen LogP contribution in [0.25, 0.3) is 0 Å². The molecule has 1 atom stereocenters. The van der Waals surface area contributed by atoms with Crippen LogP contribution in [-0.2, 0) is 0 Å². The standard InChI is InChI=1S/C16H26N2/c1-14(2)7-6-11-18-12-10-17-13-16(18)15-8-4-3-5-9-15/h3-5,8-9,14,16-17H,6-7,10-13H2,1-2H3. The molecule has 1 aromatic rings. The van der Waals surface area contributed by atoms with E-state index in [1.54, 1.807) is 0 Å². The Morgan fingerprint density at radius 1 is 1.28 bits per heavy atom. The van der Waals surface area contributed by atoms with E-state index < -0.39 is 0 Å². The number of nitrogens with one attached hydrogen (secondary N) is 1. The molecule has 1 N–H and O–H groups in total. The van der Waals surface area contributed by atoms with E-state index in [1.807, 2.05) is 0 Å². The highest BCUT2D eigenvalue weighted by molar-refractivity contribution is 5.20.